The van der Waals surface area contributed by atoms with Crippen LogP contribution < -0.4 is 4.72 Å². The Bertz CT molecular complexity index is 846. The van der Waals surface area contributed by atoms with Crippen molar-refractivity contribution >= 4 is 44.9 Å². The van der Waals surface area contributed by atoms with Crippen LogP contribution in [0.4, 0.5) is 5.69 Å². The second-order valence-corrected chi connectivity index (χ2v) is 7.29. The number of nitrogens with one attached hydrogen (secondary N) is 1. The van der Waals surface area contributed by atoms with E-state index < -0.39 is 16.0 Å². The summed E-state index contributed by atoms with van der Waals surface area (Å²) in [5, 5.41) is 0.413. The molecular weight excluding hydrogens is 361 g/mol. The van der Waals surface area contributed by atoms with Gasteiger partial charge < -0.3 is 4.74 Å². The van der Waals surface area contributed by atoms with E-state index in [0.717, 1.165) is 0 Å². The molecule has 0 aliphatic heterocycles. The minimum absolute atomic E-state index is 0.0714. The fourth-order valence-corrected chi connectivity index (χ4v) is 3.71. The van der Waals surface area contributed by atoms with Gasteiger partial charge in [0.15, 0.2) is 0 Å². The summed E-state index contributed by atoms with van der Waals surface area (Å²) in [4.78, 5) is 11.5. The summed E-state index contributed by atoms with van der Waals surface area (Å²) in [6.07, 6.45) is 0. The van der Waals surface area contributed by atoms with Crippen LogP contribution in [-0.2, 0) is 14.8 Å². The number of halogens is 2. The van der Waals surface area contributed by atoms with Crippen LogP contribution in [0.5, 0.6) is 0 Å². The first-order valence-electron chi connectivity index (χ1n) is 6.41. The second-order valence-electron chi connectivity index (χ2n) is 4.73. The highest BCUT2D eigenvalue weighted by Crippen LogP contribution is 2.26. The molecule has 0 atom stereocenters. The van der Waals surface area contributed by atoms with Gasteiger partial charge in [-0.25, -0.2) is 13.2 Å². The molecule has 0 heterocycles. The molecule has 0 aliphatic carbocycles. The van der Waals surface area contributed by atoms with Gasteiger partial charge in [-0.3, -0.25) is 4.72 Å². The molecule has 2 aromatic carbocycles. The molecule has 1 N–H and O–H groups in total. The number of carbonyl (C=O) groups excluding carboxylic acids is 1. The van der Waals surface area contributed by atoms with Crippen LogP contribution in [0.3, 0.4) is 0 Å². The van der Waals surface area contributed by atoms with Crippen LogP contribution in [0.1, 0.15) is 15.9 Å². The molecule has 0 fully saturated rings. The van der Waals surface area contributed by atoms with Gasteiger partial charge in [0.2, 0.25) is 0 Å². The first-order chi connectivity index (χ1) is 10.7. The normalized spacial score (nSPS) is 11.1. The van der Waals surface area contributed by atoms with Crippen molar-refractivity contribution in [1.29, 1.82) is 0 Å². The molecular formula is C15H13Cl2NO4S. The van der Waals surface area contributed by atoms with Gasteiger partial charge in [-0.15, -0.1) is 0 Å². The molecule has 8 heteroatoms. The monoisotopic (exact) mass is 373 g/mol. The summed E-state index contributed by atoms with van der Waals surface area (Å²) in [7, 11) is -2.65. The van der Waals surface area contributed by atoms with Crippen LogP contribution in [-0.4, -0.2) is 21.5 Å². The standard InChI is InChI=1S/C15H13Cl2NO4S/c1-9-3-4-10(15(19)22-2)5-14(9)18-23(20,21)13-7-11(16)6-12(17)8-13/h3-8,18H,1-2H3. The molecule has 23 heavy (non-hydrogen) atoms. The number of anilines is 1. The molecule has 0 saturated heterocycles. The van der Waals surface area contributed by atoms with E-state index in [1.807, 2.05) is 0 Å². The number of ether oxygens (including phenoxy) is 1. The van der Waals surface area contributed by atoms with E-state index in [1.165, 1.54) is 31.4 Å². The molecule has 0 unspecified atom stereocenters. The van der Waals surface area contributed by atoms with Crippen molar-refractivity contribution in [2.24, 2.45) is 0 Å². The molecule has 0 spiro atoms. The van der Waals surface area contributed by atoms with E-state index in [-0.39, 0.29) is 26.2 Å². The Labute approximate surface area is 144 Å². The van der Waals surface area contributed by atoms with Crippen molar-refractivity contribution in [3.63, 3.8) is 0 Å². The molecule has 0 aliphatic rings. The Balaban J connectivity index is 2.42. The average molecular weight is 374 g/mol. The number of esters is 1. The molecule has 0 saturated carbocycles. The smallest absolute Gasteiger partial charge is 0.337 e. The van der Waals surface area contributed by atoms with Crippen molar-refractivity contribution in [2.45, 2.75) is 11.8 Å². The lowest BCUT2D eigenvalue weighted by Crippen LogP contribution is -2.14. The minimum Gasteiger partial charge on any atom is -0.465 e. The number of sulfonamides is 1. The summed E-state index contributed by atoms with van der Waals surface area (Å²) in [6.45, 7) is 1.71. The van der Waals surface area contributed by atoms with Crippen molar-refractivity contribution in [2.75, 3.05) is 11.8 Å². The van der Waals surface area contributed by atoms with Crippen LogP contribution in [0, 0.1) is 6.92 Å². The third kappa shape index (κ3) is 4.16. The first-order valence-corrected chi connectivity index (χ1v) is 8.65. The Morgan fingerprint density at radius 2 is 1.70 bits per heavy atom. The molecule has 0 amide bonds. The van der Waals surface area contributed by atoms with E-state index in [2.05, 4.69) is 9.46 Å². The zero-order valence-corrected chi connectivity index (χ0v) is 14.6. The van der Waals surface area contributed by atoms with Gasteiger partial charge in [-0.2, -0.15) is 0 Å². The molecule has 122 valence electrons. The van der Waals surface area contributed by atoms with Gasteiger partial charge in [0.25, 0.3) is 10.0 Å². The second kappa shape index (κ2) is 6.78. The maximum atomic E-state index is 12.5. The Kier molecular flexibility index (Phi) is 5.19. The number of aryl methyl sites for hydroxylation is 1. The largest absolute Gasteiger partial charge is 0.465 e. The minimum atomic E-state index is -3.90. The number of methoxy groups -OCH3 is 1. The van der Waals surface area contributed by atoms with Gasteiger partial charge in [-0.05, 0) is 42.8 Å². The summed E-state index contributed by atoms with van der Waals surface area (Å²) in [5.74, 6) is -0.559. The number of hydrogen-bond donors (Lipinski definition) is 1. The first kappa shape index (κ1) is 17.6. The number of hydrogen-bond acceptors (Lipinski definition) is 4. The maximum absolute atomic E-state index is 12.5. The van der Waals surface area contributed by atoms with Crippen LogP contribution in [0.15, 0.2) is 41.3 Å². The summed E-state index contributed by atoms with van der Waals surface area (Å²) in [6, 6.07) is 8.59. The van der Waals surface area contributed by atoms with E-state index in [4.69, 9.17) is 23.2 Å². The highest BCUT2D eigenvalue weighted by atomic mass is 35.5. The van der Waals surface area contributed by atoms with Crippen molar-refractivity contribution in [1.82, 2.24) is 0 Å². The van der Waals surface area contributed by atoms with Crippen molar-refractivity contribution in [3.05, 3.63) is 57.6 Å². The lowest BCUT2D eigenvalue weighted by atomic mass is 10.1. The highest BCUT2D eigenvalue weighted by Gasteiger charge is 2.18. The van der Waals surface area contributed by atoms with E-state index >= 15 is 0 Å². The molecule has 2 aromatic rings. The Morgan fingerprint density at radius 3 is 2.26 bits per heavy atom. The summed E-state index contributed by atoms with van der Waals surface area (Å²) in [5.41, 5.74) is 1.15. The lowest BCUT2D eigenvalue weighted by Gasteiger charge is -2.12. The quantitative estimate of drug-likeness (QED) is 0.825. The number of rotatable bonds is 4. The summed E-state index contributed by atoms with van der Waals surface area (Å²) < 4.78 is 32.0. The fourth-order valence-electron chi connectivity index (χ4n) is 1.86. The third-order valence-corrected chi connectivity index (χ3v) is 4.83. The zero-order valence-electron chi connectivity index (χ0n) is 12.3. The lowest BCUT2D eigenvalue weighted by molar-refractivity contribution is 0.0601. The molecule has 5 nitrogen and oxygen atoms in total. The van der Waals surface area contributed by atoms with Gasteiger partial charge in [-0.1, -0.05) is 29.3 Å². The van der Waals surface area contributed by atoms with E-state index in [1.54, 1.807) is 19.1 Å². The molecule has 0 radical (unpaired) electrons. The van der Waals surface area contributed by atoms with Gasteiger partial charge in [0, 0.05) is 10.0 Å². The predicted molar refractivity (Wildman–Crippen MR) is 89.8 cm³/mol. The van der Waals surface area contributed by atoms with E-state index in [9.17, 15) is 13.2 Å². The molecule has 2 rings (SSSR count). The average Bonchev–Trinajstić information content (AvgIpc) is 2.47. The highest BCUT2D eigenvalue weighted by molar-refractivity contribution is 7.92. The van der Waals surface area contributed by atoms with Gasteiger partial charge >= 0.3 is 5.97 Å². The number of carbonyl (C=O) groups is 1. The number of benzene rings is 2. The zero-order chi connectivity index (χ0) is 17.2. The topological polar surface area (TPSA) is 72.5 Å². The van der Waals surface area contributed by atoms with E-state index in [0.29, 0.717) is 5.56 Å². The molecule has 0 aromatic heterocycles. The SMILES string of the molecule is COC(=O)c1ccc(C)c(NS(=O)(=O)c2cc(Cl)cc(Cl)c2)c1. The van der Waals surface area contributed by atoms with Crippen LogP contribution in [0.2, 0.25) is 10.0 Å². The fraction of sp³-hybridized carbons (Fsp3) is 0.133. The van der Waals surface area contributed by atoms with Crippen LogP contribution in [0.25, 0.3) is 0 Å². The Morgan fingerprint density at radius 1 is 1.09 bits per heavy atom. The van der Waals surface area contributed by atoms with Gasteiger partial charge in [0.05, 0.1) is 23.3 Å². The van der Waals surface area contributed by atoms with Crippen LogP contribution >= 0.6 is 23.2 Å². The van der Waals surface area contributed by atoms with Gasteiger partial charge in [0.1, 0.15) is 0 Å². The van der Waals surface area contributed by atoms with Crippen molar-refractivity contribution < 1.29 is 17.9 Å². The third-order valence-electron chi connectivity index (χ3n) is 3.05. The molecule has 0 bridgehead atoms. The Hall–Kier alpha value is -1.76. The van der Waals surface area contributed by atoms with Crippen molar-refractivity contribution in [3.8, 4) is 0 Å². The maximum Gasteiger partial charge on any atom is 0.337 e. The summed E-state index contributed by atoms with van der Waals surface area (Å²) >= 11 is 11.7. The predicted octanol–water partition coefficient (Wildman–Crippen LogP) is 3.89.